The van der Waals surface area contributed by atoms with E-state index in [-0.39, 0.29) is 17.2 Å². The maximum Gasteiger partial charge on any atom is 0.139 e. The minimum Gasteiger partial charge on any atom is -0.325 e. The van der Waals surface area contributed by atoms with Gasteiger partial charge >= 0.3 is 0 Å². The highest BCUT2D eigenvalue weighted by molar-refractivity contribution is 7.84. The third-order valence-corrected chi connectivity index (χ3v) is 3.93. The molecule has 100 valence electrons. The quantitative estimate of drug-likeness (QED) is 0.934. The van der Waals surface area contributed by atoms with Crippen LogP contribution >= 0.6 is 0 Å². The van der Waals surface area contributed by atoms with Gasteiger partial charge in [-0.05, 0) is 35.9 Å². The average molecular weight is 282 g/mol. The number of aromatic nitrogens is 1. The molecule has 1 unspecified atom stereocenters. The molecule has 3 nitrogen and oxygen atoms in total. The lowest BCUT2D eigenvalue weighted by Gasteiger charge is -2.05. The van der Waals surface area contributed by atoms with Gasteiger partial charge in [-0.1, -0.05) is 0 Å². The van der Waals surface area contributed by atoms with Gasteiger partial charge in [-0.3, -0.25) is 9.19 Å². The van der Waals surface area contributed by atoms with Crippen molar-refractivity contribution in [3.8, 4) is 0 Å². The van der Waals surface area contributed by atoms with E-state index in [0.717, 1.165) is 23.8 Å². The van der Waals surface area contributed by atoms with Gasteiger partial charge in [0.25, 0.3) is 0 Å². The largest absolute Gasteiger partial charge is 0.325 e. The van der Waals surface area contributed by atoms with Gasteiger partial charge in [0, 0.05) is 12.7 Å². The molecule has 1 heterocycles. The molecule has 0 fully saturated rings. The zero-order chi connectivity index (χ0) is 13.8. The number of benzene rings is 1. The highest BCUT2D eigenvalue weighted by Gasteiger charge is 2.12. The molecule has 0 radical (unpaired) electrons. The number of hydrogen-bond donors (Lipinski definition) is 1. The molecule has 2 N–H and O–H groups in total. The molecule has 0 aliphatic rings. The summed E-state index contributed by atoms with van der Waals surface area (Å²) in [5.74, 6) is -1.19. The van der Waals surface area contributed by atoms with Gasteiger partial charge in [0.1, 0.15) is 11.6 Å². The van der Waals surface area contributed by atoms with E-state index in [1.54, 1.807) is 18.3 Å². The Morgan fingerprint density at radius 2 is 2.00 bits per heavy atom. The van der Waals surface area contributed by atoms with E-state index in [9.17, 15) is 13.0 Å². The molecule has 0 saturated heterocycles. The fourth-order valence-electron chi connectivity index (χ4n) is 1.61. The Morgan fingerprint density at radius 3 is 2.74 bits per heavy atom. The molecule has 1 aromatic carbocycles. The van der Waals surface area contributed by atoms with Crippen LogP contribution in [0.25, 0.3) is 0 Å². The maximum atomic E-state index is 13.5. The first-order chi connectivity index (χ1) is 9.10. The van der Waals surface area contributed by atoms with Gasteiger partial charge < -0.3 is 5.73 Å². The molecule has 19 heavy (non-hydrogen) atoms. The van der Waals surface area contributed by atoms with Crippen molar-refractivity contribution < 1.29 is 13.0 Å². The van der Waals surface area contributed by atoms with Gasteiger partial charge in [0.15, 0.2) is 0 Å². The first-order valence-corrected chi connectivity index (χ1v) is 6.89. The number of hydrogen-bond acceptors (Lipinski definition) is 3. The molecule has 1 atom stereocenters. The summed E-state index contributed by atoms with van der Waals surface area (Å²) in [6.45, 7) is 0.273. The van der Waals surface area contributed by atoms with E-state index < -0.39 is 22.4 Å². The third-order valence-electron chi connectivity index (χ3n) is 2.53. The van der Waals surface area contributed by atoms with Gasteiger partial charge in [-0.15, -0.1) is 0 Å². The topological polar surface area (TPSA) is 56.0 Å². The molecular formula is C13H12F2N2OS. The molecule has 6 heteroatoms. The van der Waals surface area contributed by atoms with Crippen LogP contribution in [-0.4, -0.2) is 9.19 Å². The summed E-state index contributed by atoms with van der Waals surface area (Å²) in [7, 11) is -1.65. The van der Waals surface area contributed by atoms with E-state index in [1.165, 1.54) is 0 Å². The van der Waals surface area contributed by atoms with Crippen LogP contribution in [-0.2, 0) is 23.1 Å². The van der Waals surface area contributed by atoms with E-state index in [4.69, 9.17) is 5.73 Å². The first-order valence-electron chi connectivity index (χ1n) is 5.57. The average Bonchev–Trinajstić information content (AvgIpc) is 2.41. The minimum absolute atomic E-state index is 0.0931. The lowest BCUT2D eigenvalue weighted by molar-refractivity contribution is 0.572. The monoisotopic (exact) mass is 282 g/mol. The molecule has 0 amide bonds. The van der Waals surface area contributed by atoms with Crippen molar-refractivity contribution in [2.75, 3.05) is 0 Å². The van der Waals surface area contributed by atoms with Gasteiger partial charge in [-0.25, -0.2) is 8.78 Å². The molecule has 0 saturated carbocycles. The molecule has 1 aromatic heterocycles. The predicted octanol–water partition coefficient (Wildman–Crippen LogP) is 2.13. The number of pyridine rings is 1. The molecule has 0 aliphatic heterocycles. The van der Waals surface area contributed by atoms with Crippen molar-refractivity contribution in [2.45, 2.75) is 17.2 Å². The Hall–Kier alpha value is -1.66. The number of nitrogens with two attached hydrogens (primary N) is 1. The van der Waals surface area contributed by atoms with Crippen LogP contribution in [0.5, 0.6) is 0 Å². The van der Waals surface area contributed by atoms with Crippen molar-refractivity contribution in [3.63, 3.8) is 0 Å². The van der Waals surface area contributed by atoms with Crippen LogP contribution in [0.4, 0.5) is 8.78 Å². The highest BCUT2D eigenvalue weighted by Crippen LogP contribution is 2.17. The zero-order valence-corrected chi connectivity index (χ0v) is 10.8. The SMILES string of the molecule is NCc1cc(CS(=O)c2cc(F)ccc2F)ccn1. The summed E-state index contributed by atoms with van der Waals surface area (Å²) in [5, 5.41) is 0. The lowest BCUT2D eigenvalue weighted by Crippen LogP contribution is -2.03. The number of rotatable bonds is 4. The second-order valence-corrected chi connectivity index (χ2v) is 5.34. The fourth-order valence-corrected chi connectivity index (χ4v) is 2.78. The van der Waals surface area contributed by atoms with Crippen LogP contribution in [0.15, 0.2) is 41.4 Å². The van der Waals surface area contributed by atoms with E-state index in [0.29, 0.717) is 5.69 Å². The smallest absolute Gasteiger partial charge is 0.139 e. The summed E-state index contributed by atoms with van der Waals surface area (Å²) in [6.07, 6.45) is 1.55. The maximum absolute atomic E-state index is 13.5. The Morgan fingerprint density at radius 1 is 1.21 bits per heavy atom. The van der Waals surface area contributed by atoms with E-state index in [1.807, 2.05) is 0 Å². The Balaban J connectivity index is 2.23. The Bertz CT molecular complexity index is 619. The number of nitrogens with zero attached hydrogens (tertiary/aromatic N) is 1. The molecule has 0 bridgehead atoms. The first kappa shape index (κ1) is 13.8. The van der Waals surface area contributed by atoms with Crippen LogP contribution < -0.4 is 5.73 Å². The summed E-state index contributed by atoms with van der Waals surface area (Å²) < 4.78 is 38.6. The Labute approximate surface area is 111 Å². The van der Waals surface area contributed by atoms with Crippen molar-refractivity contribution >= 4 is 10.8 Å². The summed E-state index contributed by atoms with van der Waals surface area (Å²) in [5.41, 5.74) is 6.84. The predicted molar refractivity (Wildman–Crippen MR) is 68.6 cm³/mol. The molecular weight excluding hydrogens is 270 g/mol. The van der Waals surface area contributed by atoms with Crippen molar-refractivity contribution in [3.05, 3.63) is 59.4 Å². The van der Waals surface area contributed by atoms with Crippen LogP contribution in [0.3, 0.4) is 0 Å². The summed E-state index contributed by atoms with van der Waals surface area (Å²) >= 11 is 0. The minimum atomic E-state index is -1.65. The van der Waals surface area contributed by atoms with E-state index >= 15 is 0 Å². The van der Waals surface area contributed by atoms with E-state index in [2.05, 4.69) is 4.98 Å². The summed E-state index contributed by atoms with van der Waals surface area (Å²) in [6, 6.07) is 6.30. The molecule has 0 spiro atoms. The molecule has 2 rings (SSSR count). The molecule has 0 aliphatic carbocycles. The standard InChI is InChI=1S/C13H12F2N2OS/c14-10-1-2-12(15)13(6-10)19(18)8-9-3-4-17-11(5-9)7-16/h1-6H,7-8,16H2. The second-order valence-electron chi connectivity index (χ2n) is 3.92. The third kappa shape index (κ3) is 3.42. The normalized spacial score (nSPS) is 12.4. The highest BCUT2D eigenvalue weighted by atomic mass is 32.2. The van der Waals surface area contributed by atoms with Crippen molar-refractivity contribution in [1.29, 1.82) is 0 Å². The zero-order valence-electron chi connectivity index (χ0n) is 9.98. The van der Waals surface area contributed by atoms with Crippen LogP contribution in [0, 0.1) is 11.6 Å². The lowest BCUT2D eigenvalue weighted by atomic mass is 10.2. The van der Waals surface area contributed by atoms with Crippen molar-refractivity contribution in [1.82, 2.24) is 4.98 Å². The Kier molecular flexibility index (Phi) is 4.34. The number of halogens is 2. The fraction of sp³-hybridized carbons (Fsp3) is 0.154. The summed E-state index contributed by atoms with van der Waals surface area (Å²) in [4.78, 5) is 3.88. The second kappa shape index (κ2) is 5.99. The van der Waals surface area contributed by atoms with Gasteiger partial charge in [-0.2, -0.15) is 0 Å². The van der Waals surface area contributed by atoms with Crippen molar-refractivity contribution in [2.24, 2.45) is 5.73 Å². The van der Waals surface area contributed by atoms with Gasteiger partial charge in [0.05, 0.1) is 27.1 Å². The van der Waals surface area contributed by atoms with Crippen LogP contribution in [0.2, 0.25) is 0 Å². The molecule has 2 aromatic rings. The van der Waals surface area contributed by atoms with Gasteiger partial charge in [0.2, 0.25) is 0 Å². The van der Waals surface area contributed by atoms with Crippen LogP contribution in [0.1, 0.15) is 11.3 Å².